The summed E-state index contributed by atoms with van der Waals surface area (Å²) in [7, 11) is 1.44. The van der Waals surface area contributed by atoms with E-state index in [2.05, 4.69) is 33.8 Å². The molecule has 0 N–H and O–H groups in total. The maximum atomic E-state index is 13.9. The second-order valence-corrected chi connectivity index (χ2v) is 12.1. The average Bonchev–Trinajstić information content (AvgIpc) is 3.12. The van der Waals surface area contributed by atoms with Gasteiger partial charge < -0.3 is 9.47 Å². The number of esters is 2. The molecule has 3 fully saturated rings. The third-order valence-corrected chi connectivity index (χ3v) is 10.7. The Hall–Kier alpha value is -1.65. The first-order valence-electron chi connectivity index (χ1n) is 13.0. The molecule has 0 spiro atoms. The Balaban J connectivity index is 1.60. The fraction of sp³-hybridized carbons (Fsp3) is 0.821. The standard InChI is InChI=1S/C28H42O5/c1-17(7-10-25(31)32-6)21-8-9-22-20-12-13-26(3)16-19(33-18(2)29)11-14-27(26,4)23(20)15-24(30)28(21,22)5/h15,17,19-22H,7-14,16H2,1-6H3/t17-,19-,20?,21?,22?,26-,27-,28-/m1/s1. The SMILES string of the molecule is COC(=O)CC[C@@H](C)C1CCC2C3CC[C@]4(C)C[C@H](OC(C)=O)CC[C@]4(C)C3=CC(=O)[C@@]21C. The largest absolute Gasteiger partial charge is 0.469 e. The molecule has 33 heavy (non-hydrogen) atoms. The Labute approximate surface area is 199 Å². The van der Waals surface area contributed by atoms with Gasteiger partial charge in [0.2, 0.25) is 0 Å². The summed E-state index contributed by atoms with van der Waals surface area (Å²) in [5.41, 5.74) is 1.09. The van der Waals surface area contributed by atoms with Crippen LogP contribution in [-0.2, 0) is 23.9 Å². The second kappa shape index (κ2) is 8.53. The van der Waals surface area contributed by atoms with Crippen molar-refractivity contribution in [3.05, 3.63) is 11.6 Å². The van der Waals surface area contributed by atoms with Crippen LogP contribution < -0.4 is 0 Å². The van der Waals surface area contributed by atoms with Crippen molar-refractivity contribution < 1.29 is 23.9 Å². The summed E-state index contributed by atoms with van der Waals surface area (Å²) < 4.78 is 10.5. The van der Waals surface area contributed by atoms with Crippen LogP contribution in [-0.4, -0.2) is 30.9 Å². The van der Waals surface area contributed by atoms with Gasteiger partial charge in [-0.2, -0.15) is 0 Å². The molecule has 4 rings (SSSR count). The van der Waals surface area contributed by atoms with Crippen molar-refractivity contribution in [1.29, 1.82) is 0 Å². The van der Waals surface area contributed by atoms with E-state index in [0.29, 0.717) is 35.9 Å². The molecular formula is C28H42O5. The van der Waals surface area contributed by atoms with Gasteiger partial charge in [0.15, 0.2) is 5.78 Å². The first kappa shape index (κ1) is 24.5. The predicted molar refractivity (Wildman–Crippen MR) is 126 cm³/mol. The number of hydrogen-bond donors (Lipinski definition) is 0. The van der Waals surface area contributed by atoms with Gasteiger partial charge >= 0.3 is 11.9 Å². The Kier molecular flexibility index (Phi) is 6.33. The van der Waals surface area contributed by atoms with Gasteiger partial charge in [-0.15, -0.1) is 0 Å². The van der Waals surface area contributed by atoms with Crippen molar-refractivity contribution in [3.8, 4) is 0 Å². The number of carbonyl (C=O) groups excluding carboxylic acids is 3. The van der Waals surface area contributed by atoms with Crippen molar-refractivity contribution in [2.24, 2.45) is 39.9 Å². The smallest absolute Gasteiger partial charge is 0.305 e. The van der Waals surface area contributed by atoms with Crippen LogP contribution in [0.25, 0.3) is 0 Å². The Morgan fingerprint density at radius 1 is 1.12 bits per heavy atom. The number of methoxy groups -OCH3 is 1. The maximum absolute atomic E-state index is 13.9. The van der Waals surface area contributed by atoms with E-state index in [1.165, 1.54) is 19.6 Å². The van der Waals surface area contributed by atoms with Gasteiger partial charge in [0, 0.05) is 18.8 Å². The topological polar surface area (TPSA) is 69.7 Å². The number of carbonyl (C=O) groups is 3. The van der Waals surface area contributed by atoms with E-state index < -0.39 is 0 Å². The summed E-state index contributed by atoms with van der Waals surface area (Å²) in [6.45, 7) is 10.6. The zero-order valence-electron chi connectivity index (χ0n) is 21.4. The van der Waals surface area contributed by atoms with E-state index in [1.807, 2.05) is 0 Å². The second-order valence-electron chi connectivity index (χ2n) is 12.1. The molecule has 184 valence electrons. The Bertz CT molecular complexity index is 860. The molecule has 5 nitrogen and oxygen atoms in total. The molecule has 0 saturated heterocycles. The number of rotatable bonds is 5. The predicted octanol–water partition coefficient (Wildman–Crippen LogP) is 5.66. The third kappa shape index (κ3) is 3.78. The molecule has 0 aliphatic heterocycles. The van der Waals surface area contributed by atoms with Crippen molar-refractivity contribution in [2.45, 2.75) is 98.5 Å². The van der Waals surface area contributed by atoms with Crippen LogP contribution in [0, 0.1) is 39.9 Å². The molecule has 0 amide bonds. The summed E-state index contributed by atoms with van der Waals surface area (Å²) in [4.78, 5) is 37.1. The zero-order chi connectivity index (χ0) is 24.2. The minimum Gasteiger partial charge on any atom is -0.469 e. The van der Waals surface area contributed by atoms with Crippen LogP contribution in [0.4, 0.5) is 0 Å². The highest BCUT2D eigenvalue weighted by atomic mass is 16.5. The first-order valence-corrected chi connectivity index (χ1v) is 13.0. The number of allylic oxidation sites excluding steroid dienone is 2. The minimum atomic E-state index is -0.331. The van der Waals surface area contributed by atoms with E-state index in [4.69, 9.17) is 9.47 Å². The fourth-order valence-corrected chi connectivity index (χ4v) is 8.55. The molecule has 0 aromatic rings. The number of ether oxygens (including phenoxy) is 2. The third-order valence-electron chi connectivity index (χ3n) is 10.7. The molecule has 3 unspecified atom stereocenters. The van der Waals surface area contributed by atoms with Crippen LogP contribution in [0.3, 0.4) is 0 Å². The highest BCUT2D eigenvalue weighted by molar-refractivity contribution is 5.97. The molecule has 0 radical (unpaired) electrons. The van der Waals surface area contributed by atoms with Crippen LogP contribution in [0.1, 0.15) is 92.4 Å². The summed E-state index contributed by atoms with van der Waals surface area (Å²) in [6.07, 6.45) is 10.4. The molecule has 0 heterocycles. The number of hydrogen-bond acceptors (Lipinski definition) is 5. The average molecular weight is 459 g/mol. The van der Waals surface area contributed by atoms with Crippen molar-refractivity contribution >= 4 is 17.7 Å². The van der Waals surface area contributed by atoms with E-state index in [0.717, 1.165) is 51.4 Å². The summed E-state index contributed by atoms with van der Waals surface area (Å²) in [6, 6.07) is 0. The van der Waals surface area contributed by atoms with Gasteiger partial charge in [0.25, 0.3) is 0 Å². The highest BCUT2D eigenvalue weighted by Gasteiger charge is 2.63. The molecule has 8 atom stereocenters. The molecule has 0 aromatic carbocycles. The molecule has 4 aliphatic rings. The Morgan fingerprint density at radius 2 is 1.85 bits per heavy atom. The maximum Gasteiger partial charge on any atom is 0.305 e. The van der Waals surface area contributed by atoms with Gasteiger partial charge in [-0.25, -0.2) is 0 Å². The van der Waals surface area contributed by atoms with Crippen molar-refractivity contribution in [1.82, 2.24) is 0 Å². The molecular weight excluding hydrogens is 416 g/mol. The zero-order valence-corrected chi connectivity index (χ0v) is 21.4. The van der Waals surface area contributed by atoms with Crippen LogP contribution in [0.5, 0.6) is 0 Å². The van der Waals surface area contributed by atoms with Gasteiger partial charge in [0.1, 0.15) is 6.10 Å². The van der Waals surface area contributed by atoms with Crippen molar-refractivity contribution in [3.63, 3.8) is 0 Å². The van der Waals surface area contributed by atoms with E-state index in [-0.39, 0.29) is 34.3 Å². The Morgan fingerprint density at radius 3 is 2.52 bits per heavy atom. The van der Waals surface area contributed by atoms with Gasteiger partial charge in [-0.1, -0.05) is 33.3 Å². The van der Waals surface area contributed by atoms with E-state index in [1.54, 1.807) is 0 Å². The fourth-order valence-electron chi connectivity index (χ4n) is 8.55. The summed E-state index contributed by atoms with van der Waals surface area (Å²) in [5, 5.41) is 0. The first-order chi connectivity index (χ1) is 15.5. The molecule has 0 bridgehead atoms. The highest BCUT2D eigenvalue weighted by Crippen LogP contribution is 2.69. The lowest BCUT2D eigenvalue weighted by Gasteiger charge is -2.61. The monoisotopic (exact) mass is 458 g/mol. The number of ketones is 1. The quantitative estimate of drug-likeness (QED) is 0.498. The van der Waals surface area contributed by atoms with Crippen LogP contribution in [0.2, 0.25) is 0 Å². The lowest BCUT2D eigenvalue weighted by atomic mass is 9.43. The summed E-state index contributed by atoms with van der Waals surface area (Å²) in [5.74, 6) is 1.44. The number of fused-ring (bicyclic) bond motifs is 5. The lowest BCUT2D eigenvalue weighted by molar-refractivity contribution is -0.155. The normalized spacial score (nSPS) is 43.0. The van der Waals surface area contributed by atoms with E-state index in [9.17, 15) is 14.4 Å². The molecule has 0 aromatic heterocycles. The molecule has 4 aliphatic carbocycles. The lowest BCUT2D eigenvalue weighted by Crippen LogP contribution is -2.55. The molecule has 3 saturated carbocycles. The minimum absolute atomic E-state index is 0.00574. The van der Waals surface area contributed by atoms with Gasteiger partial charge in [-0.05, 0) is 91.9 Å². The van der Waals surface area contributed by atoms with Crippen LogP contribution in [0.15, 0.2) is 11.6 Å². The van der Waals surface area contributed by atoms with Gasteiger partial charge in [0.05, 0.1) is 7.11 Å². The van der Waals surface area contributed by atoms with Crippen molar-refractivity contribution in [2.75, 3.05) is 7.11 Å². The van der Waals surface area contributed by atoms with Gasteiger partial charge in [-0.3, -0.25) is 14.4 Å². The summed E-state index contributed by atoms with van der Waals surface area (Å²) >= 11 is 0. The molecule has 5 heteroatoms. The van der Waals surface area contributed by atoms with E-state index >= 15 is 0 Å². The van der Waals surface area contributed by atoms with Crippen LogP contribution >= 0.6 is 0 Å².